The summed E-state index contributed by atoms with van der Waals surface area (Å²) in [6, 6.07) is 14.0. The third-order valence-corrected chi connectivity index (χ3v) is 3.55. The Kier molecular flexibility index (Phi) is 5.59. The molecule has 2 aromatic rings. The number of amides is 1. The maximum Gasteiger partial charge on any atom is 0.224 e. The maximum atomic E-state index is 12.1. The Morgan fingerprint density at radius 2 is 1.95 bits per heavy atom. The second-order valence-corrected chi connectivity index (χ2v) is 5.46. The van der Waals surface area contributed by atoms with Gasteiger partial charge in [-0.15, -0.1) is 0 Å². The van der Waals surface area contributed by atoms with Crippen molar-refractivity contribution in [2.75, 3.05) is 6.61 Å². The Hall–Kier alpha value is -2.29. The first-order chi connectivity index (χ1) is 10.6. The summed E-state index contributed by atoms with van der Waals surface area (Å²) < 4.78 is 5.47. The van der Waals surface area contributed by atoms with Crippen molar-refractivity contribution in [2.24, 2.45) is 0 Å². The van der Waals surface area contributed by atoms with Gasteiger partial charge in [-0.2, -0.15) is 0 Å². The second kappa shape index (κ2) is 7.64. The predicted octanol–water partition coefficient (Wildman–Crippen LogP) is 3.56. The van der Waals surface area contributed by atoms with E-state index in [1.807, 2.05) is 45.0 Å². The van der Waals surface area contributed by atoms with Gasteiger partial charge in [0.1, 0.15) is 5.75 Å². The summed E-state index contributed by atoms with van der Waals surface area (Å²) >= 11 is 0. The zero-order valence-corrected chi connectivity index (χ0v) is 13.5. The van der Waals surface area contributed by atoms with E-state index in [-0.39, 0.29) is 5.91 Å². The van der Waals surface area contributed by atoms with Crippen molar-refractivity contribution < 1.29 is 9.53 Å². The molecule has 1 amide bonds. The molecule has 0 saturated heterocycles. The topological polar surface area (TPSA) is 38.3 Å². The van der Waals surface area contributed by atoms with Crippen LogP contribution in [0.5, 0.6) is 5.75 Å². The van der Waals surface area contributed by atoms with Crippen LogP contribution in [0, 0.1) is 13.8 Å². The van der Waals surface area contributed by atoms with Gasteiger partial charge in [-0.05, 0) is 49.6 Å². The summed E-state index contributed by atoms with van der Waals surface area (Å²) in [6.45, 7) is 7.19. The molecule has 2 rings (SSSR count). The molecule has 0 aliphatic rings. The summed E-state index contributed by atoms with van der Waals surface area (Å²) in [5, 5.41) is 2.97. The van der Waals surface area contributed by atoms with E-state index in [2.05, 4.69) is 23.5 Å². The van der Waals surface area contributed by atoms with Gasteiger partial charge < -0.3 is 10.1 Å². The van der Waals surface area contributed by atoms with Crippen LogP contribution in [-0.4, -0.2) is 12.5 Å². The zero-order chi connectivity index (χ0) is 15.9. The number of hydrogen-bond acceptors (Lipinski definition) is 2. The highest BCUT2D eigenvalue weighted by molar-refractivity contribution is 5.79. The number of rotatable bonds is 6. The van der Waals surface area contributed by atoms with Gasteiger partial charge in [0.2, 0.25) is 5.91 Å². The monoisotopic (exact) mass is 297 g/mol. The van der Waals surface area contributed by atoms with Crippen molar-refractivity contribution in [3.05, 3.63) is 64.7 Å². The summed E-state index contributed by atoms with van der Waals surface area (Å²) in [5.74, 6) is 0.874. The molecule has 0 aromatic heterocycles. The van der Waals surface area contributed by atoms with Crippen LogP contribution in [0.4, 0.5) is 0 Å². The normalized spacial score (nSPS) is 10.3. The van der Waals surface area contributed by atoms with Crippen LogP contribution in [-0.2, 0) is 17.8 Å². The average Bonchev–Trinajstić information content (AvgIpc) is 2.50. The molecule has 0 radical (unpaired) electrons. The molecule has 0 fully saturated rings. The fourth-order valence-electron chi connectivity index (χ4n) is 2.34. The highest BCUT2D eigenvalue weighted by atomic mass is 16.5. The Morgan fingerprint density at radius 3 is 2.73 bits per heavy atom. The van der Waals surface area contributed by atoms with Crippen molar-refractivity contribution in [2.45, 2.75) is 33.7 Å². The van der Waals surface area contributed by atoms with Crippen LogP contribution in [0.25, 0.3) is 0 Å². The number of ether oxygens (including phenoxy) is 1. The van der Waals surface area contributed by atoms with Gasteiger partial charge in [0.05, 0.1) is 13.0 Å². The molecule has 2 aromatic carbocycles. The molecule has 0 aliphatic carbocycles. The van der Waals surface area contributed by atoms with Crippen molar-refractivity contribution >= 4 is 5.91 Å². The fourth-order valence-corrected chi connectivity index (χ4v) is 2.34. The first-order valence-electron chi connectivity index (χ1n) is 7.63. The van der Waals surface area contributed by atoms with E-state index in [1.54, 1.807) is 0 Å². The number of carbonyl (C=O) groups excluding carboxylic acids is 1. The van der Waals surface area contributed by atoms with Gasteiger partial charge in [-0.3, -0.25) is 4.79 Å². The predicted molar refractivity (Wildman–Crippen MR) is 89.1 cm³/mol. The van der Waals surface area contributed by atoms with Crippen LogP contribution in [0.1, 0.15) is 29.2 Å². The van der Waals surface area contributed by atoms with Crippen molar-refractivity contribution in [3.8, 4) is 5.75 Å². The SMILES string of the molecule is CCOc1cccc(CNC(=O)Cc2cc(C)ccc2C)c1. The molecule has 0 unspecified atom stereocenters. The minimum Gasteiger partial charge on any atom is -0.494 e. The minimum atomic E-state index is 0.0375. The van der Waals surface area contributed by atoms with Gasteiger partial charge in [0.15, 0.2) is 0 Å². The summed E-state index contributed by atoms with van der Waals surface area (Å²) in [4.78, 5) is 12.1. The number of carbonyl (C=O) groups is 1. The molecule has 0 heterocycles. The fraction of sp³-hybridized carbons (Fsp3) is 0.316. The lowest BCUT2D eigenvalue weighted by molar-refractivity contribution is -0.120. The van der Waals surface area contributed by atoms with E-state index < -0.39 is 0 Å². The second-order valence-electron chi connectivity index (χ2n) is 5.46. The lowest BCUT2D eigenvalue weighted by Crippen LogP contribution is -2.24. The number of aryl methyl sites for hydroxylation is 2. The lowest BCUT2D eigenvalue weighted by Gasteiger charge is -2.09. The van der Waals surface area contributed by atoms with E-state index in [0.29, 0.717) is 19.6 Å². The van der Waals surface area contributed by atoms with E-state index in [0.717, 1.165) is 22.4 Å². The first kappa shape index (κ1) is 16.1. The molecule has 0 spiro atoms. The van der Waals surface area contributed by atoms with Gasteiger partial charge in [0.25, 0.3) is 0 Å². The lowest BCUT2D eigenvalue weighted by atomic mass is 10.0. The molecule has 0 atom stereocenters. The maximum absolute atomic E-state index is 12.1. The molecule has 22 heavy (non-hydrogen) atoms. The van der Waals surface area contributed by atoms with E-state index in [9.17, 15) is 4.79 Å². The smallest absolute Gasteiger partial charge is 0.224 e. The number of benzene rings is 2. The highest BCUT2D eigenvalue weighted by Gasteiger charge is 2.06. The summed E-state index contributed by atoms with van der Waals surface area (Å²) in [5.41, 5.74) is 4.46. The molecule has 0 saturated carbocycles. The molecule has 3 heteroatoms. The largest absolute Gasteiger partial charge is 0.494 e. The van der Waals surface area contributed by atoms with Crippen molar-refractivity contribution in [1.82, 2.24) is 5.32 Å². The van der Waals surface area contributed by atoms with E-state index >= 15 is 0 Å². The van der Waals surface area contributed by atoms with Gasteiger partial charge in [-0.1, -0.05) is 35.9 Å². The zero-order valence-electron chi connectivity index (χ0n) is 13.5. The van der Waals surface area contributed by atoms with Crippen LogP contribution in [0.2, 0.25) is 0 Å². The Morgan fingerprint density at radius 1 is 1.14 bits per heavy atom. The third kappa shape index (κ3) is 4.62. The number of hydrogen-bond donors (Lipinski definition) is 1. The molecule has 3 nitrogen and oxygen atoms in total. The van der Waals surface area contributed by atoms with Gasteiger partial charge >= 0.3 is 0 Å². The quantitative estimate of drug-likeness (QED) is 0.885. The molecule has 0 aliphatic heterocycles. The Bertz CT molecular complexity index is 650. The average molecular weight is 297 g/mol. The minimum absolute atomic E-state index is 0.0375. The highest BCUT2D eigenvalue weighted by Crippen LogP contribution is 2.14. The van der Waals surface area contributed by atoms with Crippen LogP contribution < -0.4 is 10.1 Å². The molecular weight excluding hydrogens is 274 g/mol. The van der Waals surface area contributed by atoms with Crippen LogP contribution in [0.3, 0.4) is 0 Å². The van der Waals surface area contributed by atoms with Crippen LogP contribution in [0.15, 0.2) is 42.5 Å². The summed E-state index contributed by atoms with van der Waals surface area (Å²) in [6.07, 6.45) is 0.415. The van der Waals surface area contributed by atoms with Gasteiger partial charge in [-0.25, -0.2) is 0 Å². The van der Waals surface area contributed by atoms with Gasteiger partial charge in [0, 0.05) is 6.54 Å². The molecule has 116 valence electrons. The summed E-state index contributed by atoms with van der Waals surface area (Å²) in [7, 11) is 0. The molecule has 1 N–H and O–H groups in total. The number of nitrogens with one attached hydrogen (secondary N) is 1. The molecule has 0 bridgehead atoms. The Labute approximate surface area is 132 Å². The standard InChI is InChI=1S/C19H23NO2/c1-4-22-18-7-5-6-16(11-18)13-20-19(21)12-17-10-14(2)8-9-15(17)3/h5-11H,4,12-13H2,1-3H3,(H,20,21). The van der Waals surface area contributed by atoms with Crippen LogP contribution >= 0.6 is 0 Å². The molecular formula is C19H23NO2. The van der Waals surface area contributed by atoms with E-state index in [4.69, 9.17) is 4.74 Å². The van der Waals surface area contributed by atoms with Crippen molar-refractivity contribution in [1.29, 1.82) is 0 Å². The third-order valence-electron chi connectivity index (χ3n) is 3.55. The first-order valence-corrected chi connectivity index (χ1v) is 7.63. The Balaban J connectivity index is 1.92. The van der Waals surface area contributed by atoms with E-state index in [1.165, 1.54) is 5.56 Å². The van der Waals surface area contributed by atoms with Crippen molar-refractivity contribution in [3.63, 3.8) is 0 Å².